The molecule has 1 fully saturated rings. The van der Waals surface area contributed by atoms with Crippen molar-refractivity contribution in [2.45, 2.75) is 0 Å². The molecule has 4 aromatic rings. The number of nitrogens with zero attached hydrogens (tertiary/aromatic N) is 8. The lowest BCUT2D eigenvalue weighted by Crippen LogP contribution is -2.47. The molecule has 1 aliphatic rings. The molecule has 24 heavy (non-hydrogen) atoms. The number of aromatic nitrogens is 6. The van der Waals surface area contributed by atoms with Crippen molar-refractivity contribution in [1.29, 1.82) is 0 Å². The van der Waals surface area contributed by atoms with Gasteiger partial charge in [0.05, 0.1) is 10.2 Å². The molecule has 4 aromatic heterocycles. The smallest absolute Gasteiger partial charge is 0.177 e. The third-order valence-corrected chi connectivity index (χ3v) is 5.17. The predicted molar refractivity (Wildman–Crippen MR) is 92.6 cm³/mol. The van der Waals surface area contributed by atoms with E-state index >= 15 is 0 Å². The number of hydrogen-bond acceptors (Lipinski definition) is 8. The zero-order valence-electron chi connectivity index (χ0n) is 12.8. The summed E-state index contributed by atoms with van der Waals surface area (Å²) >= 11 is 1.70. The Labute approximate surface area is 141 Å². The van der Waals surface area contributed by atoms with Crippen LogP contribution in [0.15, 0.2) is 36.2 Å². The first kappa shape index (κ1) is 13.6. The highest BCUT2D eigenvalue weighted by atomic mass is 32.1. The summed E-state index contributed by atoms with van der Waals surface area (Å²) in [6.45, 7) is 3.62. The van der Waals surface area contributed by atoms with E-state index in [2.05, 4.69) is 40.4 Å². The van der Waals surface area contributed by atoms with Gasteiger partial charge >= 0.3 is 0 Å². The summed E-state index contributed by atoms with van der Waals surface area (Å²) < 4.78 is 2.87. The second-order valence-corrected chi connectivity index (χ2v) is 6.55. The van der Waals surface area contributed by atoms with Crippen LogP contribution in [0.25, 0.3) is 15.9 Å². The Bertz CT molecular complexity index is 1000. The first-order valence-corrected chi connectivity index (χ1v) is 8.62. The summed E-state index contributed by atoms with van der Waals surface area (Å²) in [6, 6.07) is 5.99. The lowest BCUT2D eigenvalue weighted by Gasteiger charge is -2.36. The maximum atomic E-state index is 4.57. The van der Waals surface area contributed by atoms with Gasteiger partial charge < -0.3 is 9.80 Å². The van der Waals surface area contributed by atoms with Crippen molar-refractivity contribution < 1.29 is 0 Å². The average Bonchev–Trinajstić information content (AvgIpc) is 3.30. The maximum Gasteiger partial charge on any atom is 0.177 e. The molecule has 0 amide bonds. The van der Waals surface area contributed by atoms with E-state index in [1.54, 1.807) is 28.5 Å². The molecule has 0 spiro atoms. The van der Waals surface area contributed by atoms with Crippen LogP contribution >= 0.6 is 11.3 Å². The zero-order valence-corrected chi connectivity index (χ0v) is 13.6. The molecule has 0 saturated carbocycles. The van der Waals surface area contributed by atoms with Crippen molar-refractivity contribution in [2.75, 3.05) is 36.0 Å². The van der Waals surface area contributed by atoms with Gasteiger partial charge in [0.2, 0.25) is 0 Å². The lowest BCUT2D eigenvalue weighted by molar-refractivity contribution is 0.637. The van der Waals surface area contributed by atoms with Crippen LogP contribution in [0.4, 0.5) is 11.6 Å². The molecular formula is C15H14N8S. The van der Waals surface area contributed by atoms with Crippen LogP contribution in [-0.2, 0) is 0 Å². The van der Waals surface area contributed by atoms with E-state index in [1.165, 1.54) is 0 Å². The number of rotatable bonds is 2. The van der Waals surface area contributed by atoms with Crippen LogP contribution in [-0.4, -0.2) is 56.0 Å². The van der Waals surface area contributed by atoms with Gasteiger partial charge in [-0.3, -0.25) is 0 Å². The van der Waals surface area contributed by atoms with Gasteiger partial charge in [-0.05, 0) is 23.6 Å². The molecular weight excluding hydrogens is 324 g/mol. The van der Waals surface area contributed by atoms with E-state index < -0.39 is 0 Å². The Morgan fingerprint density at radius 3 is 2.75 bits per heavy atom. The third kappa shape index (κ3) is 2.16. The van der Waals surface area contributed by atoms with Crippen LogP contribution < -0.4 is 9.80 Å². The topological polar surface area (TPSA) is 75.3 Å². The van der Waals surface area contributed by atoms with Crippen molar-refractivity contribution in [3.8, 4) is 0 Å². The molecule has 120 valence electrons. The Balaban J connectivity index is 1.38. The normalized spacial score (nSPS) is 15.5. The van der Waals surface area contributed by atoms with Gasteiger partial charge in [0, 0.05) is 26.2 Å². The second kappa shape index (κ2) is 5.38. The minimum absolute atomic E-state index is 0.762. The van der Waals surface area contributed by atoms with Gasteiger partial charge in [-0.2, -0.15) is 4.52 Å². The van der Waals surface area contributed by atoms with Crippen LogP contribution in [0, 0.1) is 0 Å². The molecule has 0 bridgehead atoms. The SMILES string of the molecule is c1nc(N2CCN(c3ccc4nncn4n3)CC2)c2sccc2n1. The minimum Gasteiger partial charge on any atom is -0.352 e. The molecule has 8 nitrogen and oxygen atoms in total. The summed E-state index contributed by atoms with van der Waals surface area (Å²) in [5.41, 5.74) is 1.78. The average molecular weight is 338 g/mol. The van der Waals surface area contributed by atoms with Crippen LogP contribution in [0.2, 0.25) is 0 Å². The van der Waals surface area contributed by atoms with E-state index in [-0.39, 0.29) is 0 Å². The summed E-state index contributed by atoms with van der Waals surface area (Å²) in [5.74, 6) is 1.99. The lowest BCUT2D eigenvalue weighted by atomic mass is 10.3. The summed E-state index contributed by atoms with van der Waals surface area (Å²) in [5, 5.41) is 14.5. The van der Waals surface area contributed by atoms with Crippen LogP contribution in [0.3, 0.4) is 0 Å². The molecule has 9 heteroatoms. The summed E-state index contributed by atoms with van der Waals surface area (Å²) in [7, 11) is 0. The highest BCUT2D eigenvalue weighted by Gasteiger charge is 2.21. The highest BCUT2D eigenvalue weighted by Crippen LogP contribution is 2.28. The van der Waals surface area contributed by atoms with Gasteiger partial charge in [-0.25, -0.2) is 9.97 Å². The van der Waals surface area contributed by atoms with Crippen molar-refractivity contribution in [3.63, 3.8) is 0 Å². The van der Waals surface area contributed by atoms with Gasteiger partial charge in [0.25, 0.3) is 0 Å². The Kier molecular flexibility index (Phi) is 3.05. The van der Waals surface area contributed by atoms with Gasteiger partial charge in [0.1, 0.15) is 24.3 Å². The van der Waals surface area contributed by atoms with Gasteiger partial charge in [0.15, 0.2) is 5.65 Å². The fraction of sp³-hybridized carbons (Fsp3) is 0.267. The minimum atomic E-state index is 0.762. The number of anilines is 2. The molecule has 0 aliphatic carbocycles. The van der Waals surface area contributed by atoms with Crippen LogP contribution in [0.1, 0.15) is 0 Å². The van der Waals surface area contributed by atoms with Crippen molar-refractivity contribution in [1.82, 2.24) is 29.8 Å². The molecule has 1 saturated heterocycles. The number of piperazine rings is 1. The summed E-state index contributed by atoms with van der Waals surface area (Å²) in [6.07, 6.45) is 3.28. The van der Waals surface area contributed by atoms with Crippen molar-refractivity contribution in [2.24, 2.45) is 0 Å². The van der Waals surface area contributed by atoms with E-state index in [1.807, 2.05) is 18.2 Å². The molecule has 0 unspecified atom stereocenters. The zero-order chi connectivity index (χ0) is 15.9. The van der Waals surface area contributed by atoms with Crippen molar-refractivity contribution >= 4 is 38.8 Å². The molecule has 0 aromatic carbocycles. The number of thiophene rings is 1. The quantitative estimate of drug-likeness (QED) is 0.547. The fourth-order valence-electron chi connectivity index (χ4n) is 3.04. The molecule has 0 N–H and O–H groups in total. The van der Waals surface area contributed by atoms with Gasteiger partial charge in [-0.15, -0.1) is 26.6 Å². The fourth-order valence-corrected chi connectivity index (χ4v) is 3.90. The maximum absolute atomic E-state index is 4.57. The first-order valence-electron chi connectivity index (χ1n) is 7.74. The molecule has 0 atom stereocenters. The Morgan fingerprint density at radius 1 is 0.958 bits per heavy atom. The van der Waals surface area contributed by atoms with Crippen molar-refractivity contribution in [3.05, 3.63) is 36.2 Å². The standard InChI is InChI=1S/C15H14N8S/c1-2-13(20-23-10-18-19-12(1)23)21-4-6-22(7-5-21)15-14-11(3-8-24-14)16-9-17-15/h1-3,8-10H,4-7H2. The Hall–Kier alpha value is -2.81. The van der Waals surface area contributed by atoms with E-state index in [9.17, 15) is 0 Å². The third-order valence-electron chi connectivity index (χ3n) is 4.28. The van der Waals surface area contributed by atoms with E-state index in [0.29, 0.717) is 0 Å². The monoisotopic (exact) mass is 338 g/mol. The van der Waals surface area contributed by atoms with Crippen LogP contribution in [0.5, 0.6) is 0 Å². The number of hydrogen-bond donors (Lipinski definition) is 0. The summed E-state index contributed by atoms with van der Waals surface area (Å²) in [4.78, 5) is 13.4. The molecule has 5 heterocycles. The largest absolute Gasteiger partial charge is 0.352 e. The molecule has 5 rings (SSSR count). The second-order valence-electron chi connectivity index (χ2n) is 5.63. The number of fused-ring (bicyclic) bond motifs is 2. The molecule has 0 radical (unpaired) electrons. The van der Waals surface area contributed by atoms with E-state index in [4.69, 9.17) is 0 Å². The van der Waals surface area contributed by atoms with E-state index in [0.717, 1.165) is 53.7 Å². The Morgan fingerprint density at radius 2 is 1.83 bits per heavy atom. The highest BCUT2D eigenvalue weighted by molar-refractivity contribution is 7.17. The molecule has 1 aliphatic heterocycles. The predicted octanol–water partition coefficient (Wildman–Crippen LogP) is 1.46. The van der Waals surface area contributed by atoms with Gasteiger partial charge in [-0.1, -0.05) is 0 Å². The first-order chi connectivity index (χ1) is 11.9.